The predicted molar refractivity (Wildman–Crippen MR) is 85.3 cm³/mol. The number of nitrogens with zero attached hydrogens (tertiary/aromatic N) is 1. The highest BCUT2D eigenvalue weighted by atomic mass is 16.7. The van der Waals surface area contributed by atoms with Gasteiger partial charge in [0, 0.05) is 36.7 Å². The standard InChI is InChI=1S/C18H23NO3/c1-4-21-17(22-5-2)14-8-10-15(11-9-14)18(3,20)16-7-6-12-19-13-16/h6-13,17,20H,4-5H2,1-3H3. The van der Waals surface area contributed by atoms with Gasteiger partial charge in [0.05, 0.1) is 0 Å². The fraction of sp³-hybridized carbons (Fsp3) is 0.389. The maximum atomic E-state index is 10.8. The Balaban J connectivity index is 2.24. The Morgan fingerprint density at radius 1 is 1.05 bits per heavy atom. The molecule has 0 saturated heterocycles. The van der Waals surface area contributed by atoms with E-state index in [1.165, 1.54) is 0 Å². The van der Waals surface area contributed by atoms with Crippen LogP contribution in [0.5, 0.6) is 0 Å². The Bertz CT molecular complexity index is 561. The summed E-state index contributed by atoms with van der Waals surface area (Å²) < 4.78 is 11.2. The lowest BCUT2D eigenvalue weighted by molar-refractivity contribution is -0.140. The quantitative estimate of drug-likeness (QED) is 0.796. The molecule has 118 valence electrons. The Morgan fingerprint density at radius 3 is 2.18 bits per heavy atom. The monoisotopic (exact) mass is 301 g/mol. The summed E-state index contributed by atoms with van der Waals surface area (Å²) in [6, 6.07) is 11.3. The van der Waals surface area contributed by atoms with Gasteiger partial charge in [0.15, 0.2) is 6.29 Å². The smallest absolute Gasteiger partial charge is 0.183 e. The molecule has 2 rings (SSSR count). The average molecular weight is 301 g/mol. The van der Waals surface area contributed by atoms with Crippen molar-refractivity contribution in [2.45, 2.75) is 32.7 Å². The molecule has 1 aromatic carbocycles. The Hall–Kier alpha value is -1.75. The summed E-state index contributed by atoms with van der Waals surface area (Å²) in [5.41, 5.74) is 1.42. The summed E-state index contributed by atoms with van der Waals surface area (Å²) in [7, 11) is 0. The van der Waals surface area contributed by atoms with Gasteiger partial charge in [-0.05, 0) is 32.4 Å². The van der Waals surface area contributed by atoms with E-state index in [2.05, 4.69) is 4.98 Å². The van der Waals surface area contributed by atoms with Crippen molar-refractivity contribution in [2.75, 3.05) is 13.2 Å². The number of rotatable bonds is 7. The molecule has 0 fully saturated rings. The van der Waals surface area contributed by atoms with Crippen molar-refractivity contribution >= 4 is 0 Å². The first-order valence-electron chi connectivity index (χ1n) is 7.56. The lowest BCUT2D eigenvalue weighted by Crippen LogP contribution is -2.23. The van der Waals surface area contributed by atoms with Crippen LogP contribution in [0.15, 0.2) is 48.8 Å². The molecule has 0 bridgehead atoms. The van der Waals surface area contributed by atoms with Gasteiger partial charge in [0.2, 0.25) is 0 Å². The van der Waals surface area contributed by atoms with E-state index in [4.69, 9.17) is 9.47 Å². The number of hydrogen-bond acceptors (Lipinski definition) is 4. The van der Waals surface area contributed by atoms with Gasteiger partial charge in [-0.2, -0.15) is 0 Å². The van der Waals surface area contributed by atoms with Crippen LogP contribution in [0.3, 0.4) is 0 Å². The molecule has 4 heteroatoms. The van der Waals surface area contributed by atoms with Crippen molar-refractivity contribution in [1.82, 2.24) is 4.98 Å². The van der Waals surface area contributed by atoms with Crippen LogP contribution >= 0.6 is 0 Å². The second-order valence-corrected chi connectivity index (χ2v) is 5.18. The fourth-order valence-electron chi connectivity index (χ4n) is 2.33. The Labute approximate surface area is 131 Å². The fourth-order valence-corrected chi connectivity index (χ4v) is 2.33. The van der Waals surface area contributed by atoms with Gasteiger partial charge in [-0.1, -0.05) is 30.3 Å². The van der Waals surface area contributed by atoms with Gasteiger partial charge in [0.1, 0.15) is 5.60 Å². The normalized spacial score (nSPS) is 14.0. The van der Waals surface area contributed by atoms with Crippen LogP contribution in [0.25, 0.3) is 0 Å². The van der Waals surface area contributed by atoms with Crippen LogP contribution in [0.2, 0.25) is 0 Å². The molecular formula is C18H23NO3. The zero-order chi connectivity index (χ0) is 16.0. The SMILES string of the molecule is CCOC(OCC)c1ccc(C(C)(O)c2cccnc2)cc1. The third kappa shape index (κ3) is 3.71. The summed E-state index contributed by atoms with van der Waals surface area (Å²) in [6.07, 6.45) is 3.00. The van der Waals surface area contributed by atoms with Gasteiger partial charge >= 0.3 is 0 Å². The molecule has 0 aliphatic heterocycles. The molecular weight excluding hydrogens is 278 g/mol. The van der Waals surface area contributed by atoms with Crippen molar-refractivity contribution in [1.29, 1.82) is 0 Å². The minimum Gasteiger partial charge on any atom is -0.381 e. The van der Waals surface area contributed by atoms with Gasteiger partial charge in [-0.3, -0.25) is 4.98 Å². The van der Waals surface area contributed by atoms with Crippen molar-refractivity contribution in [2.24, 2.45) is 0 Å². The predicted octanol–water partition coefficient (Wildman–Crippen LogP) is 3.41. The zero-order valence-electron chi connectivity index (χ0n) is 13.3. The van der Waals surface area contributed by atoms with E-state index in [-0.39, 0.29) is 6.29 Å². The molecule has 0 spiro atoms. The maximum Gasteiger partial charge on any atom is 0.183 e. The highest BCUT2D eigenvalue weighted by Crippen LogP contribution is 2.30. The first-order chi connectivity index (χ1) is 10.6. The molecule has 1 aromatic heterocycles. The topological polar surface area (TPSA) is 51.6 Å². The van der Waals surface area contributed by atoms with Crippen molar-refractivity contribution < 1.29 is 14.6 Å². The molecule has 1 heterocycles. The molecule has 0 aliphatic carbocycles. The lowest BCUT2D eigenvalue weighted by Gasteiger charge is -2.25. The third-order valence-electron chi connectivity index (χ3n) is 3.60. The van der Waals surface area contributed by atoms with Gasteiger partial charge < -0.3 is 14.6 Å². The van der Waals surface area contributed by atoms with Crippen LogP contribution < -0.4 is 0 Å². The third-order valence-corrected chi connectivity index (χ3v) is 3.60. The molecule has 4 nitrogen and oxygen atoms in total. The summed E-state index contributed by atoms with van der Waals surface area (Å²) in [4.78, 5) is 4.07. The molecule has 1 N–H and O–H groups in total. The molecule has 2 aromatic rings. The molecule has 0 saturated carbocycles. The minimum atomic E-state index is -1.08. The largest absolute Gasteiger partial charge is 0.381 e. The first kappa shape index (κ1) is 16.6. The second kappa shape index (κ2) is 7.49. The number of hydrogen-bond donors (Lipinski definition) is 1. The minimum absolute atomic E-state index is 0.368. The van der Waals surface area contributed by atoms with Gasteiger partial charge in [-0.25, -0.2) is 0 Å². The van der Waals surface area contributed by atoms with Gasteiger partial charge in [-0.15, -0.1) is 0 Å². The molecule has 1 unspecified atom stereocenters. The Morgan fingerprint density at radius 2 is 1.68 bits per heavy atom. The molecule has 0 aliphatic rings. The van der Waals surface area contributed by atoms with E-state index in [0.717, 1.165) is 16.7 Å². The molecule has 1 atom stereocenters. The van der Waals surface area contributed by atoms with E-state index >= 15 is 0 Å². The first-order valence-corrected chi connectivity index (χ1v) is 7.56. The molecule has 0 radical (unpaired) electrons. The van der Waals surface area contributed by atoms with E-state index < -0.39 is 5.60 Å². The highest BCUT2D eigenvalue weighted by Gasteiger charge is 2.26. The summed E-state index contributed by atoms with van der Waals surface area (Å²) in [5.74, 6) is 0. The van der Waals surface area contributed by atoms with E-state index in [9.17, 15) is 5.11 Å². The van der Waals surface area contributed by atoms with Crippen LogP contribution in [0, 0.1) is 0 Å². The Kier molecular flexibility index (Phi) is 5.66. The van der Waals surface area contributed by atoms with Crippen molar-refractivity contribution in [3.8, 4) is 0 Å². The number of pyridine rings is 1. The maximum absolute atomic E-state index is 10.8. The average Bonchev–Trinajstić information content (AvgIpc) is 2.55. The van der Waals surface area contributed by atoms with Gasteiger partial charge in [0.25, 0.3) is 0 Å². The molecule has 0 amide bonds. The summed E-state index contributed by atoms with van der Waals surface area (Å²) >= 11 is 0. The number of aliphatic hydroxyl groups is 1. The number of ether oxygens (including phenoxy) is 2. The van der Waals surface area contributed by atoms with Crippen molar-refractivity contribution in [3.05, 3.63) is 65.5 Å². The van der Waals surface area contributed by atoms with Crippen molar-refractivity contribution in [3.63, 3.8) is 0 Å². The second-order valence-electron chi connectivity index (χ2n) is 5.18. The van der Waals surface area contributed by atoms with Crippen LogP contribution in [0.4, 0.5) is 0 Å². The van der Waals surface area contributed by atoms with E-state index in [1.807, 2.05) is 50.2 Å². The molecule has 22 heavy (non-hydrogen) atoms. The zero-order valence-corrected chi connectivity index (χ0v) is 13.3. The van der Waals surface area contributed by atoms with Crippen LogP contribution in [-0.2, 0) is 15.1 Å². The van der Waals surface area contributed by atoms with E-state index in [1.54, 1.807) is 19.3 Å². The van der Waals surface area contributed by atoms with Crippen LogP contribution in [0.1, 0.15) is 43.8 Å². The lowest BCUT2D eigenvalue weighted by atomic mass is 9.89. The summed E-state index contributed by atoms with van der Waals surface area (Å²) in [5, 5.41) is 10.8. The number of benzene rings is 1. The highest BCUT2D eigenvalue weighted by molar-refractivity contribution is 5.35. The van der Waals surface area contributed by atoms with Crippen LogP contribution in [-0.4, -0.2) is 23.3 Å². The van der Waals surface area contributed by atoms with E-state index in [0.29, 0.717) is 13.2 Å². The summed E-state index contributed by atoms with van der Waals surface area (Å²) in [6.45, 7) is 6.81. The number of aromatic nitrogens is 1.